The molecule has 0 saturated heterocycles. The van der Waals surface area contributed by atoms with Gasteiger partial charge >= 0.3 is 5.97 Å². The molecule has 0 aliphatic carbocycles. The number of hydrogen-bond donors (Lipinski definition) is 5. The summed E-state index contributed by atoms with van der Waals surface area (Å²) < 4.78 is 0. The third-order valence-electron chi connectivity index (χ3n) is 3.92. The molecule has 0 unspecified atom stereocenters. The van der Waals surface area contributed by atoms with Crippen LogP contribution in [0, 0.1) is 11.8 Å². The van der Waals surface area contributed by atoms with Crippen molar-refractivity contribution in [2.24, 2.45) is 23.3 Å². The Morgan fingerprint density at radius 1 is 0.926 bits per heavy atom. The van der Waals surface area contributed by atoms with Gasteiger partial charge in [0.25, 0.3) is 0 Å². The first kappa shape index (κ1) is 30.6. The van der Waals surface area contributed by atoms with Crippen molar-refractivity contribution >= 4 is 42.6 Å². The summed E-state index contributed by atoms with van der Waals surface area (Å²) in [7, 11) is 0. The molecule has 27 heavy (non-hydrogen) atoms. The van der Waals surface area contributed by atoms with Crippen LogP contribution in [0.25, 0.3) is 0 Å². The first-order valence-electron chi connectivity index (χ1n) is 8.89. The number of carbonyl (C=O) groups is 3. The van der Waals surface area contributed by atoms with Crippen molar-refractivity contribution in [3.8, 4) is 0 Å². The van der Waals surface area contributed by atoms with E-state index in [4.69, 9.17) is 11.5 Å². The maximum Gasteiger partial charge on any atom is 0.326 e. The van der Waals surface area contributed by atoms with Crippen molar-refractivity contribution in [1.82, 2.24) is 10.6 Å². The highest BCUT2D eigenvalue weighted by atomic mass is 35.5. The monoisotopic (exact) mass is 430 g/mol. The Labute approximate surface area is 174 Å². The molecule has 8 nitrogen and oxygen atoms in total. The second-order valence-corrected chi connectivity index (χ2v) is 7.14. The summed E-state index contributed by atoms with van der Waals surface area (Å²) >= 11 is 0. The van der Waals surface area contributed by atoms with Gasteiger partial charge in [0.15, 0.2) is 0 Å². The minimum Gasteiger partial charge on any atom is -0.480 e. The zero-order valence-electron chi connectivity index (χ0n) is 16.6. The Balaban J connectivity index is -0.00000288. The first-order valence-corrected chi connectivity index (χ1v) is 8.89. The number of rotatable bonds is 12. The molecule has 162 valence electrons. The highest BCUT2D eigenvalue weighted by Crippen LogP contribution is 2.08. The fourth-order valence-electron chi connectivity index (χ4n) is 2.30. The molecule has 0 fully saturated rings. The van der Waals surface area contributed by atoms with Crippen LogP contribution < -0.4 is 22.1 Å². The molecule has 0 aliphatic rings. The molecule has 3 atom stereocenters. The lowest BCUT2D eigenvalue weighted by molar-refractivity contribution is -0.142. The molecule has 10 heteroatoms. The van der Waals surface area contributed by atoms with E-state index >= 15 is 0 Å². The number of halogens is 2. The number of hydrogen-bond acceptors (Lipinski definition) is 5. The number of carbonyl (C=O) groups excluding carboxylic acids is 2. The van der Waals surface area contributed by atoms with E-state index in [0.717, 1.165) is 0 Å². The maximum absolute atomic E-state index is 12.5. The largest absolute Gasteiger partial charge is 0.480 e. The van der Waals surface area contributed by atoms with Crippen molar-refractivity contribution in [2.75, 3.05) is 6.54 Å². The van der Waals surface area contributed by atoms with E-state index in [2.05, 4.69) is 10.6 Å². The molecule has 0 bridgehead atoms. The topological polar surface area (TPSA) is 148 Å². The van der Waals surface area contributed by atoms with Gasteiger partial charge in [-0.15, -0.1) is 24.8 Å². The number of unbranched alkanes of at least 4 members (excludes halogenated alkanes) is 1. The standard InChI is InChI=1S/C17H34N4O4.2ClH/c1-10(2)9-13(21-16(23)14(19)11(3)4)15(22)20-12(17(24)25)7-5-6-8-18;;/h10-14H,5-9,18-19H2,1-4H3,(H,20,22)(H,21,23)(H,24,25);2*1H/t12-,13-,14-;;/m0../s1. The third-order valence-corrected chi connectivity index (χ3v) is 3.92. The molecule has 0 aromatic rings. The van der Waals surface area contributed by atoms with Crippen molar-refractivity contribution in [1.29, 1.82) is 0 Å². The Hall–Kier alpha value is -1.09. The van der Waals surface area contributed by atoms with Crippen molar-refractivity contribution in [3.63, 3.8) is 0 Å². The van der Waals surface area contributed by atoms with Crippen molar-refractivity contribution in [2.45, 2.75) is 71.5 Å². The van der Waals surface area contributed by atoms with E-state index in [9.17, 15) is 19.5 Å². The number of carboxylic acids is 1. The summed E-state index contributed by atoms with van der Waals surface area (Å²) in [5.74, 6) is -1.93. The summed E-state index contributed by atoms with van der Waals surface area (Å²) in [5, 5.41) is 14.4. The van der Waals surface area contributed by atoms with Gasteiger partial charge < -0.3 is 27.2 Å². The second-order valence-electron chi connectivity index (χ2n) is 7.14. The summed E-state index contributed by atoms with van der Waals surface area (Å²) in [5.41, 5.74) is 11.2. The highest BCUT2D eigenvalue weighted by molar-refractivity contribution is 5.91. The molecule has 0 heterocycles. The second kappa shape index (κ2) is 15.9. The average molecular weight is 431 g/mol. The van der Waals surface area contributed by atoms with Gasteiger partial charge in [-0.25, -0.2) is 4.79 Å². The summed E-state index contributed by atoms with van der Waals surface area (Å²) in [6, 6.07) is -2.53. The van der Waals surface area contributed by atoms with E-state index in [1.54, 1.807) is 0 Å². The Bertz CT molecular complexity index is 451. The predicted molar refractivity (Wildman–Crippen MR) is 111 cm³/mol. The fourth-order valence-corrected chi connectivity index (χ4v) is 2.30. The van der Waals surface area contributed by atoms with Crippen molar-refractivity contribution in [3.05, 3.63) is 0 Å². The zero-order chi connectivity index (χ0) is 19.6. The molecule has 0 radical (unpaired) electrons. The van der Waals surface area contributed by atoms with Crippen LogP contribution in [0.2, 0.25) is 0 Å². The number of aliphatic carboxylic acids is 1. The van der Waals surface area contributed by atoms with Crippen LogP contribution in [0.15, 0.2) is 0 Å². The Morgan fingerprint density at radius 2 is 1.44 bits per heavy atom. The third kappa shape index (κ3) is 12.8. The predicted octanol–water partition coefficient (Wildman–Crippen LogP) is 1.04. The van der Waals surface area contributed by atoms with Gasteiger partial charge in [0.2, 0.25) is 11.8 Å². The molecule has 0 aliphatic heterocycles. The number of nitrogens with two attached hydrogens (primary N) is 2. The number of carboxylic acid groups (broad SMARTS) is 1. The quantitative estimate of drug-likeness (QED) is 0.292. The highest BCUT2D eigenvalue weighted by Gasteiger charge is 2.28. The molecular formula is C17H36Cl2N4O4. The van der Waals surface area contributed by atoms with Crippen LogP contribution in [0.1, 0.15) is 53.4 Å². The van der Waals surface area contributed by atoms with E-state index in [1.165, 1.54) is 0 Å². The van der Waals surface area contributed by atoms with Crippen LogP contribution in [-0.4, -0.2) is 47.6 Å². The van der Waals surface area contributed by atoms with Crippen molar-refractivity contribution < 1.29 is 19.5 Å². The molecule has 0 saturated carbocycles. The molecular weight excluding hydrogens is 395 g/mol. The Morgan fingerprint density at radius 3 is 1.85 bits per heavy atom. The van der Waals surface area contributed by atoms with Crippen LogP contribution in [0.4, 0.5) is 0 Å². The van der Waals surface area contributed by atoms with Gasteiger partial charge in [-0.3, -0.25) is 9.59 Å². The van der Waals surface area contributed by atoms with Crippen LogP contribution in [0.5, 0.6) is 0 Å². The van der Waals surface area contributed by atoms with Gasteiger partial charge in [-0.2, -0.15) is 0 Å². The van der Waals surface area contributed by atoms with Gasteiger partial charge in [0.05, 0.1) is 6.04 Å². The van der Waals surface area contributed by atoms with E-state index in [0.29, 0.717) is 32.2 Å². The summed E-state index contributed by atoms with van der Waals surface area (Å²) in [6.07, 6.45) is 1.99. The fraction of sp³-hybridized carbons (Fsp3) is 0.824. The lowest BCUT2D eigenvalue weighted by Crippen LogP contribution is -2.55. The molecule has 0 rings (SSSR count). The minimum atomic E-state index is -1.10. The summed E-state index contributed by atoms with van der Waals surface area (Å²) in [4.78, 5) is 36.0. The normalized spacial score (nSPS) is 13.8. The smallest absolute Gasteiger partial charge is 0.326 e. The molecule has 0 aromatic heterocycles. The lowest BCUT2D eigenvalue weighted by atomic mass is 10.00. The van der Waals surface area contributed by atoms with Crippen LogP contribution in [0.3, 0.4) is 0 Å². The molecule has 7 N–H and O–H groups in total. The first-order chi connectivity index (χ1) is 11.6. The molecule has 2 amide bonds. The minimum absolute atomic E-state index is 0. The molecule has 0 spiro atoms. The average Bonchev–Trinajstić information content (AvgIpc) is 2.51. The van der Waals surface area contributed by atoms with Gasteiger partial charge in [-0.05, 0) is 44.1 Å². The Kier molecular flexibility index (Phi) is 18.1. The van der Waals surface area contributed by atoms with Gasteiger partial charge in [0, 0.05) is 0 Å². The zero-order valence-corrected chi connectivity index (χ0v) is 18.2. The van der Waals surface area contributed by atoms with Crippen LogP contribution in [-0.2, 0) is 14.4 Å². The van der Waals surface area contributed by atoms with Gasteiger partial charge in [0.1, 0.15) is 12.1 Å². The number of nitrogens with one attached hydrogen (secondary N) is 2. The lowest BCUT2D eigenvalue weighted by Gasteiger charge is -2.25. The van der Waals surface area contributed by atoms with E-state index < -0.39 is 35.9 Å². The van der Waals surface area contributed by atoms with E-state index in [1.807, 2.05) is 27.7 Å². The maximum atomic E-state index is 12.5. The summed E-state index contributed by atoms with van der Waals surface area (Å²) in [6.45, 7) is 7.95. The molecule has 0 aromatic carbocycles. The van der Waals surface area contributed by atoms with Crippen LogP contribution >= 0.6 is 24.8 Å². The van der Waals surface area contributed by atoms with E-state index in [-0.39, 0.29) is 36.6 Å². The SMILES string of the molecule is CC(C)C[C@H](NC(=O)[C@@H](N)C(C)C)C(=O)N[C@@H](CCCCN)C(=O)O.Cl.Cl. The van der Waals surface area contributed by atoms with Gasteiger partial charge in [-0.1, -0.05) is 27.7 Å². The number of amides is 2.